The zero-order valence-corrected chi connectivity index (χ0v) is 31.2. The van der Waals surface area contributed by atoms with E-state index in [9.17, 15) is 0 Å². The first-order valence-corrected chi connectivity index (χ1v) is 20.0. The molecule has 0 amide bonds. The van der Waals surface area contributed by atoms with Crippen molar-refractivity contribution in [2.45, 2.75) is 5.41 Å². The molecule has 3 heterocycles. The lowest BCUT2D eigenvalue weighted by Crippen LogP contribution is -2.59. The fourth-order valence-electron chi connectivity index (χ4n) is 11.1. The van der Waals surface area contributed by atoms with Crippen LogP contribution in [-0.4, -0.2) is 11.3 Å². The van der Waals surface area contributed by atoms with Gasteiger partial charge < -0.3 is 4.57 Å². The molecule has 3 aliphatic rings. The van der Waals surface area contributed by atoms with Crippen molar-refractivity contribution in [2.24, 2.45) is 0 Å². The summed E-state index contributed by atoms with van der Waals surface area (Å²) in [4.78, 5) is 0. The highest BCUT2D eigenvalue weighted by molar-refractivity contribution is 7.00. The Morgan fingerprint density at radius 2 is 0.912 bits per heavy atom. The van der Waals surface area contributed by atoms with Crippen molar-refractivity contribution in [1.82, 2.24) is 4.57 Å². The van der Waals surface area contributed by atoms with Crippen molar-refractivity contribution in [2.75, 3.05) is 0 Å². The van der Waals surface area contributed by atoms with E-state index in [1.54, 1.807) is 0 Å². The zero-order valence-electron chi connectivity index (χ0n) is 31.2. The molecule has 0 radical (unpaired) electrons. The number of rotatable bonds is 3. The fraction of sp³-hybridized carbons (Fsp3) is 0.0182. The van der Waals surface area contributed by atoms with Crippen LogP contribution >= 0.6 is 0 Å². The lowest BCUT2D eigenvalue weighted by atomic mass is 9.32. The third-order valence-electron chi connectivity index (χ3n) is 13.3. The van der Waals surface area contributed by atoms with Crippen LogP contribution in [0.25, 0.3) is 72.0 Å². The summed E-state index contributed by atoms with van der Waals surface area (Å²) in [6.45, 7) is 0.139. The van der Waals surface area contributed by atoms with Gasteiger partial charge in [-0.1, -0.05) is 192 Å². The van der Waals surface area contributed by atoms with Crippen molar-refractivity contribution < 1.29 is 0 Å². The molecule has 0 saturated carbocycles. The van der Waals surface area contributed by atoms with Gasteiger partial charge in [0.2, 0.25) is 6.71 Å². The van der Waals surface area contributed by atoms with Crippen LogP contribution in [0, 0.1) is 0 Å². The summed E-state index contributed by atoms with van der Waals surface area (Å²) in [7, 11) is 0. The maximum Gasteiger partial charge on any atom is 0.243 e. The number of para-hydroxylation sites is 2. The molecule has 0 fully saturated rings. The topological polar surface area (TPSA) is 4.93 Å². The van der Waals surface area contributed by atoms with Gasteiger partial charge in [0.1, 0.15) is 0 Å². The maximum absolute atomic E-state index is 2.49. The molecule has 2 heteroatoms. The standard InChI is InChI=1S/C55H34BN/c1-2-13-35(14-3-1)36-25-27-37(28-26-36)38-29-32-47-45(33-38)40-15-4-7-19-46(40)55(47)48-20-8-9-22-50(48)56-51-34-39(30-31-41(51)44-18-12-21-49(55)54(44)56)57-52-23-10-5-16-42(52)43-17-6-11-24-53(43)57/h1-34H. The van der Waals surface area contributed by atoms with Crippen LogP contribution in [0.4, 0.5) is 0 Å². The third kappa shape index (κ3) is 4.04. The quantitative estimate of drug-likeness (QED) is 0.160. The minimum atomic E-state index is -0.433. The molecule has 0 N–H and O–H groups in total. The molecule has 1 aliphatic carbocycles. The third-order valence-corrected chi connectivity index (χ3v) is 13.3. The monoisotopic (exact) mass is 719 g/mol. The lowest BCUT2D eigenvalue weighted by molar-refractivity contribution is 0.775. The summed E-state index contributed by atoms with van der Waals surface area (Å²) >= 11 is 0. The molecule has 262 valence electrons. The van der Waals surface area contributed by atoms with Crippen molar-refractivity contribution in [3.8, 4) is 50.2 Å². The smallest absolute Gasteiger partial charge is 0.243 e. The van der Waals surface area contributed by atoms with Gasteiger partial charge in [-0.2, -0.15) is 0 Å². The number of hydrogen-bond donors (Lipinski definition) is 0. The fourth-order valence-corrected chi connectivity index (χ4v) is 11.1. The Bertz CT molecular complexity index is 3250. The highest BCUT2D eigenvalue weighted by Crippen LogP contribution is 2.57. The van der Waals surface area contributed by atoms with E-state index in [1.165, 1.54) is 111 Å². The Kier molecular flexibility index (Phi) is 6.24. The first kappa shape index (κ1) is 31.1. The minimum Gasteiger partial charge on any atom is -0.309 e. The van der Waals surface area contributed by atoms with E-state index in [0.29, 0.717) is 0 Å². The number of hydrogen-bond acceptors (Lipinski definition) is 0. The van der Waals surface area contributed by atoms with Crippen LogP contribution in [0.15, 0.2) is 206 Å². The van der Waals surface area contributed by atoms with Crippen molar-refractivity contribution in [3.63, 3.8) is 0 Å². The van der Waals surface area contributed by atoms with Gasteiger partial charge in [-0.15, -0.1) is 0 Å². The number of nitrogens with zero attached hydrogens (tertiary/aromatic N) is 1. The van der Waals surface area contributed by atoms with E-state index in [1.807, 2.05) is 0 Å². The number of benzene rings is 9. The van der Waals surface area contributed by atoms with Crippen LogP contribution in [0.3, 0.4) is 0 Å². The SMILES string of the molecule is c1ccc(-c2ccc(-c3ccc4c(c3)-c3ccccc3C43c4ccccc4B4c5cc(-n6c7ccccc7c7ccccc76)ccc5-c5cccc3c54)cc2)cc1. The number of fused-ring (bicyclic) bond motifs is 15. The van der Waals surface area contributed by atoms with Crippen LogP contribution in [0.5, 0.6) is 0 Å². The Morgan fingerprint density at radius 1 is 0.333 bits per heavy atom. The largest absolute Gasteiger partial charge is 0.309 e. The molecule has 1 nitrogen and oxygen atoms in total. The van der Waals surface area contributed by atoms with E-state index in [4.69, 9.17) is 0 Å². The summed E-state index contributed by atoms with van der Waals surface area (Å²) in [6.07, 6.45) is 0. The predicted octanol–water partition coefficient (Wildman–Crippen LogP) is 11.3. The second-order valence-corrected chi connectivity index (χ2v) is 15.9. The summed E-state index contributed by atoms with van der Waals surface area (Å²) in [5.74, 6) is 0. The molecule has 1 aromatic heterocycles. The van der Waals surface area contributed by atoms with Crippen LogP contribution in [0.1, 0.15) is 22.3 Å². The lowest BCUT2D eigenvalue weighted by Gasteiger charge is -2.42. The van der Waals surface area contributed by atoms with Crippen LogP contribution < -0.4 is 16.4 Å². The zero-order chi connectivity index (χ0) is 37.2. The molecule has 9 aromatic carbocycles. The Hall–Kier alpha value is -7.16. The first-order chi connectivity index (χ1) is 28.3. The predicted molar refractivity (Wildman–Crippen MR) is 239 cm³/mol. The van der Waals surface area contributed by atoms with Gasteiger partial charge in [0, 0.05) is 16.5 Å². The molecule has 1 atom stereocenters. The van der Waals surface area contributed by atoms with Gasteiger partial charge in [0.25, 0.3) is 0 Å². The van der Waals surface area contributed by atoms with Crippen molar-refractivity contribution in [3.05, 3.63) is 229 Å². The van der Waals surface area contributed by atoms with Gasteiger partial charge in [-0.25, -0.2) is 0 Å². The summed E-state index contributed by atoms with van der Waals surface area (Å²) in [5.41, 5.74) is 23.3. The van der Waals surface area contributed by atoms with E-state index in [0.717, 1.165) is 0 Å². The average Bonchev–Trinajstić information content (AvgIpc) is 3.90. The normalized spacial score (nSPS) is 15.4. The van der Waals surface area contributed by atoms with E-state index in [-0.39, 0.29) is 6.71 Å². The van der Waals surface area contributed by atoms with E-state index < -0.39 is 5.41 Å². The van der Waals surface area contributed by atoms with Crippen molar-refractivity contribution >= 4 is 44.9 Å². The highest BCUT2D eigenvalue weighted by atomic mass is 15.0. The Labute approximate surface area is 332 Å². The first-order valence-electron chi connectivity index (χ1n) is 20.0. The molecule has 0 saturated heterocycles. The molecule has 0 bridgehead atoms. The second-order valence-electron chi connectivity index (χ2n) is 15.9. The molecule has 2 aliphatic heterocycles. The molecule has 10 aromatic rings. The van der Waals surface area contributed by atoms with Gasteiger partial charge in [-0.3, -0.25) is 0 Å². The number of aromatic nitrogens is 1. The van der Waals surface area contributed by atoms with Crippen LogP contribution in [-0.2, 0) is 5.41 Å². The molecule has 57 heavy (non-hydrogen) atoms. The summed E-state index contributed by atoms with van der Waals surface area (Å²) in [6, 6.07) is 77.4. The average molecular weight is 720 g/mol. The summed E-state index contributed by atoms with van der Waals surface area (Å²) < 4.78 is 2.46. The summed E-state index contributed by atoms with van der Waals surface area (Å²) in [5, 5.41) is 2.57. The van der Waals surface area contributed by atoms with Crippen molar-refractivity contribution in [1.29, 1.82) is 0 Å². The maximum atomic E-state index is 2.49. The second kappa shape index (κ2) is 11.4. The molecule has 1 unspecified atom stereocenters. The molecule has 13 rings (SSSR count). The van der Waals surface area contributed by atoms with E-state index in [2.05, 4.69) is 211 Å². The Morgan fingerprint density at radius 3 is 1.70 bits per heavy atom. The minimum absolute atomic E-state index is 0.139. The van der Waals surface area contributed by atoms with Crippen LogP contribution in [0.2, 0.25) is 0 Å². The van der Waals surface area contributed by atoms with Gasteiger partial charge in [0.15, 0.2) is 0 Å². The Balaban J connectivity index is 1.02. The highest BCUT2D eigenvalue weighted by Gasteiger charge is 2.54. The van der Waals surface area contributed by atoms with Gasteiger partial charge in [0.05, 0.1) is 16.4 Å². The van der Waals surface area contributed by atoms with Gasteiger partial charge >= 0.3 is 0 Å². The van der Waals surface area contributed by atoms with E-state index >= 15 is 0 Å². The molecule has 1 spiro atoms. The molecular formula is C55H34BN. The molecular weight excluding hydrogens is 685 g/mol. The van der Waals surface area contributed by atoms with Gasteiger partial charge in [-0.05, 0) is 97.1 Å².